The van der Waals surface area contributed by atoms with Crippen LogP contribution in [-0.2, 0) is 11.2 Å². The van der Waals surface area contributed by atoms with Crippen molar-refractivity contribution < 1.29 is 14.1 Å². The Hall–Kier alpha value is -2.71. The molecule has 8 heteroatoms. The summed E-state index contributed by atoms with van der Waals surface area (Å²) in [5.41, 5.74) is 2.04. The van der Waals surface area contributed by atoms with E-state index in [4.69, 9.17) is 9.26 Å². The maximum absolute atomic E-state index is 12.3. The Morgan fingerprint density at radius 3 is 2.71 bits per heavy atom. The summed E-state index contributed by atoms with van der Waals surface area (Å²) < 4.78 is 10.4. The van der Waals surface area contributed by atoms with Gasteiger partial charge in [-0.05, 0) is 43.2 Å². The van der Waals surface area contributed by atoms with Crippen LogP contribution in [0.25, 0.3) is 11.4 Å². The minimum atomic E-state index is -0.0457. The molecule has 28 heavy (non-hydrogen) atoms. The molecule has 3 aromatic rings. The number of rotatable bonds is 9. The zero-order valence-corrected chi connectivity index (χ0v) is 17.0. The van der Waals surface area contributed by atoms with E-state index in [2.05, 4.69) is 20.4 Å². The molecule has 0 saturated carbocycles. The Bertz CT molecular complexity index is 875. The number of hydrogen-bond donors (Lipinski definition) is 1. The lowest BCUT2D eigenvalue weighted by atomic mass is 10.1. The van der Waals surface area contributed by atoms with Gasteiger partial charge in [-0.15, -0.1) is 0 Å². The average Bonchev–Trinajstić information content (AvgIpc) is 3.38. The van der Waals surface area contributed by atoms with Crippen molar-refractivity contribution in [3.63, 3.8) is 0 Å². The largest absolute Gasteiger partial charge is 0.497 e. The normalized spacial score (nSPS) is 12.1. The van der Waals surface area contributed by atoms with Crippen LogP contribution >= 0.6 is 11.3 Å². The maximum atomic E-state index is 12.3. The number of likely N-dealkylation sites (N-methyl/N-ethyl adjacent to an activating group) is 1. The predicted octanol–water partition coefficient (Wildman–Crippen LogP) is 3.16. The molecule has 2 aromatic heterocycles. The maximum Gasteiger partial charge on any atom is 0.227 e. The van der Waals surface area contributed by atoms with Crippen molar-refractivity contribution in [2.75, 3.05) is 27.7 Å². The molecular formula is C20H24N4O3S. The number of aromatic nitrogens is 2. The van der Waals surface area contributed by atoms with Crippen molar-refractivity contribution in [2.24, 2.45) is 0 Å². The van der Waals surface area contributed by atoms with Crippen LogP contribution in [0, 0.1) is 0 Å². The Morgan fingerprint density at radius 1 is 1.29 bits per heavy atom. The third kappa shape index (κ3) is 5.17. The second-order valence-electron chi connectivity index (χ2n) is 6.58. The summed E-state index contributed by atoms with van der Waals surface area (Å²) in [7, 11) is 5.63. The number of amides is 1. The first-order valence-electron chi connectivity index (χ1n) is 8.99. The number of benzene rings is 1. The summed E-state index contributed by atoms with van der Waals surface area (Å²) in [6.07, 6.45) is 0.714. The van der Waals surface area contributed by atoms with Crippen LogP contribution < -0.4 is 10.1 Å². The zero-order chi connectivity index (χ0) is 19.9. The highest BCUT2D eigenvalue weighted by Gasteiger charge is 2.16. The first-order valence-corrected chi connectivity index (χ1v) is 9.93. The topological polar surface area (TPSA) is 80.5 Å². The predicted molar refractivity (Wildman–Crippen MR) is 108 cm³/mol. The molecule has 0 aliphatic heterocycles. The Labute approximate surface area is 168 Å². The number of aryl methyl sites for hydroxylation is 1. The fraction of sp³-hybridized carbons (Fsp3) is 0.350. The number of carbonyl (C=O) groups excluding carboxylic acids is 1. The number of ether oxygens (including phenoxy) is 1. The molecule has 3 rings (SSSR count). The summed E-state index contributed by atoms with van der Waals surface area (Å²) in [5, 5.41) is 10.9. The number of hydrogen-bond acceptors (Lipinski definition) is 7. The quantitative estimate of drug-likeness (QED) is 0.594. The molecule has 0 aliphatic carbocycles. The summed E-state index contributed by atoms with van der Waals surface area (Å²) >= 11 is 1.58. The number of nitrogens with one attached hydrogen (secondary N) is 1. The van der Waals surface area contributed by atoms with Crippen LogP contribution in [0.3, 0.4) is 0 Å². The Morgan fingerprint density at radius 2 is 2.07 bits per heavy atom. The molecule has 1 atom stereocenters. The molecule has 0 unspecified atom stereocenters. The van der Waals surface area contributed by atoms with E-state index >= 15 is 0 Å². The van der Waals surface area contributed by atoms with Crippen molar-refractivity contribution in [1.29, 1.82) is 0 Å². The standard InChI is InChI=1S/C20H24N4O3S/c1-24(2)17(14-4-6-16(26-3)7-5-14)12-21-18(25)8-9-19-22-20(23-27-19)15-10-11-28-13-15/h4-7,10-11,13,17H,8-9,12H2,1-3H3,(H,21,25)/t17-/m0/s1. The lowest BCUT2D eigenvalue weighted by Crippen LogP contribution is -2.34. The van der Waals surface area contributed by atoms with Gasteiger partial charge in [-0.1, -0.05) is 17.3 Å². The van der Waals surface area contributed by atoms with Crippen LogP contribution in [-0.4, -0.2) is 48.7 Å². The molecule has 0 radical (unpaired) electrons. The molecule has 0 spiro atoms. The molecule has 1 aromatic carbocycles. The van der Waals surface area contributed by atoms with Crippen molar-refractivity contribution in [2.45, 2.75) is 18.9 Å². The fourth-order valence-electron chi connectivity index (χ4n) is 2.81. The molecule has 1 N–H and O–H groups in total. The van der Waals surface area contributed by atoms with Crippen LogP contribution in [0.5, 0.6) is 5.75 Å². The lowest BCUT2D eigenvalue weighted by molar-refractivity contribution is -0.121. The second-order valence-corrected chi connectivity index (χ2v) is 7.36. The van der Waals surface area contributed by atoms with Crippen LogP contribution in [0.2, 0.25) is 0 Å². The molecule has 0 aliphatic rings. The molecule has 1 amide bonds. The average molecular weight is 401 g/mol. The molecule has 0 bridgehead atoms. The van der Waals surface area contributed by atoms with Crippen LogP contribution in [0.4, 0.5) is 0 Å². The van der Waals surface area contributed by atoms with Crippen molar-refractivity contribution >= 4 is 17.2 Å². The fourth-order valence-corrected chi connectivity index (χ4v) is 3.44. The summed E-state index contributed by atoms with van der Waals surface area (Å²) in [6, 6.07) is 9.89. The third-order valence-electron chi connectivity index (χ3n) is 4.43. The smallest absolute Gasteiger partial charge is 0.227 e. The SMILES string of the molecule is COc1ccc([C@H](CNC(=O)CCc2nc(-c3ccsc3)no2)N(C)C)cc1. The monoisotopic (exact) mass is 400 g/mol. The molecular weight excluding hydrogens is 376 g/mol. The van der Waals surface area contributed by atoms with E-state index in [0.717, 1.165) is 16.9 Å². The number of thiophene rings is 1. The highest BCUT2D eigenvalue weighted by molar-refractivity contribution is 7.08. The second kappa shape index (κ2) is 9.48. The van der Waals surface area contributed by atoms with E-state index in [-0.39, 0.29) is 11.9 Å². The minimum Gasteiger partial charge on any atom is -0.497 e. The van der Waals surface area contributed by atoms with E-state index in [0.29, 0.717) is 31.1 Å². The summed E-state index contributed by atoms with van der Waals surface area (Å²) in [5.74, 6) is 1.79. The van der Waals surface area contributed by atoms with Gasteiger partial charge in [0.15, 0.2) is 0 Å². The molecule has 0 fully saturated rings. The molecule has 0 saturated heterocycles. The van der Waals surface area contributed by atoms with E-state index in [1.54, 1.807) is 18.4 Å². The highest BCUT2D eigenvalue weighted by atomic mass is 32.1. The number of nitrogens with zero attached hydrogens (tertiary/aromatic N) is 3. The van der Waals surface area contributed by atoms with Gasteiger partial charge in [0.2, 0.25) is 17.6 Å². The zero-order valence-electron chi connectivity index (χ0n) is 16.2. The summed E-state index contributed by atoms with van der Waals surface area (Å²) in [6.45, 7) is 0.516. The third-order valence-corrected chi connectivity index (χ3v) is 5.11. The van der Waals surface area contributed by atoms with Gasteiger partial charge in [-0.2, -0.15) is 16.3 Å². The highest BCUT2D eigenvalue weighted by Crippen LogP contribution is 2.21. The Balaban J connectivity index is 1.50. The summed E-state index contributed by atoms with van der Waals surface area (Å²) in [4.78, 5) is 18.7. The van der Waals surface area contributed by atoms with E-state index in [9.17, 15) is 4.79 Å². The van der Waals surface area contributed by atoms with E-state index in [1.807, 2.05) is 55.2 Å². The van der Waals surface area contributed by atoms with Gasteiger partial charge in [0.05, 0.1) is 13.2 Å². The van der Waals surface area contributed by atoms with Gasteiger partial charge in [-0.3, -0.25) is 4.79 Å². The Kier molecular flexibility index (Phi) is 6.78. The molecule has 2 heterocycles. The van der Waals surface area contributed by atoms with Crippen molar-refractivity contribution in [3.05, 3.63) is 52.5 Å². The van der Waals surface area contributed by atoms with Gasteiger partial charge in [0.25, 0.3) is 0 Å². The van der Waals surface area contributed by atoms with Gasteiger partial charge in [0, 0.05) is 30.3 Å². The minimum absolute atomic E-state index is 0.0457. The van der Waals surface area contributed by atoms with Crippen LogP contribution in [0.15, 0.2) is 45.6 Å². The molecule has 7 nitrogen and oxygen atoms in total. The van der Waals surface area contributed by atoms with E-state index in [1.165, 1.54) is 0 Å². The number of methoxy groups -OCH3 is 1. The van der Waals surface area contributed by atoms with Crippen LogP contribution in [0.1, 0.15) is 23.9 Å². The lowest BCUT2D eigenvalue weighted by Gasteiger charge is -2.25. The first-order chi connectivity index (χ1) is 13.6. The molecule has 148 valence electrons. The van der Waals surface area contributed by atoms with Gasteiger partial charge in [-0.25, -0.2) is 0 Å². The van der Waals surface area contributed by atoms with Gasteiger partial charge in [0.1, 0.15) is 5.75 Å². The van der Waals surface area contributed by atoms with Crippen molar-refractivity contribution in [1.82, 2.24) is 20.4 Å². The first kappa shape index (κ1) is 20.0. The van der Waals surface area contributed by atoms with Gasteiger partial charge < -0.3 is 19.5 Å². The van der Waals surface area contributed by atoms with Gasteiger partial charge >= 0.3 is 0 Å². The number of carbonyl (C=O) groups is 1. The van der Waals surface area contributed by atoms with Crippen molar-refractivity contribution in [3.8, 4) is 17.1 Å². The van der Waals surface area contributed by atoms with E-state index < -0.39 is 0 Å².